The van der Waals surface area contributed by atoms with Gasteiger partial charge in [-0.15, -0.1) is 0 Å². The number of nitrogens with one attached hydrogen (secondary N) is 4. The molecule has 1 saturated heterocycles. The van der Waals surface area contributed by atoms with Crippen molar-refractivity contribution in [3.8, 4) is 0 Å². The number of aliphatic hydroxyl groups excluding tert-OH is 1. The quantitative estimate of drug-likeness (QED) is 0.318. The first kappa shape index (κ1) is 26.4. The van der Waals surface area contributed by atoms with Crippen molar-refractivity contribution < 1.29 is 24.2 Å². The molecule has 5 N–H and O–H groups in total. The van der Waals surface area contributed by atoms with Gasteiger partial charge in [-0.25, -0.2) is 0 Å². The van der Waals surface area contributed by atoms with Gasteiger partial charge in [0.15, 0.2) is 0 Å². The number of rotatable bonds is 10. The van der Waals surface area contributed by atoms with Crippen LogP contribution in [0.15, 0.2) is 37.1 Å². The molecule has 0 bridgehead atoms. The number of anilines is 1. The summed E-state index contributed by atoms with van der Waals surface area (Å²) in [4.78, 5) is 42.9. The zero-order valence-electron chi connectivity index (χ0n) is 20.6. The second kappa shape index (κ2) is 11.5. The summed E-state index contributed by atoms with van der Waals surface area (Å²) in [6, 6.07) is 3.87. The van der Waals surface area contributed by atoms with E-state index in [1.165, 1.54) is 13.2 Å². The summed E-state index contributed by atoms with van der Waals surface area (Å²) in [5.74, 6) is -0.941. The number of aromatic amines is 1. The number of likely N-dealkylation sites (tertiary alicyclic amines) is 1. The summed E-state index contributed by atoms with van der Waals surface area (Å²) in [5.41, 5.74) is 2.39. The van der Waals surface area contributed by atoms with Crippen LogP contribution in [0.25, 0.3) is 10.9 Å². The number of β-amino-alcohol motifs (C(OH)–C–C–N with tert-alkyl or cyclic N) is 1. The number of amides is 3. The Bertz CT molecular complexity index is 1080. The van der Waals surface area contributed by atoms with E-state index in [0.717, 1.165) is 16.5 Å². The van der Waals surface area contributed by atoms with E-state index < -0.39 is 24.3 Å². The molecule has 10 nitrogen and oxygen atoms in total. The van der Waals surface area contributed by atoms with Crippen molar-refractivity contribution in [2.24, 2.45) is 0 Å². The lowest BCUT2D eigenvalue weighted by atomic mass is 10.0. The van der Waals surface area contributed by atoms with E-state index in [1.54, 1.807) is 25.8 Å². The molecule has 1 aromatic heterocycles. The van der Waals surface area contributed by atoms with Crippen LogP contribution in [0.3, 0.4) is 0 Å². The Kier molecular flexibility index (Phi) is 8.66. The van der Waals surface area contributed by atoms with Gasteiger partial charge in [0, 0.05) is 36.8 Å². The summed E-state index contributed by atoms with van der Waals surface area (Å²) in [6.45, 7) is 7.10. The van der Waals surface area contributed by atoms with Crippen molar-refractivity contribution in [2.45, 2.75) is 57.0 Å². The SMILES string of the molecule is C=CC(=O)Nc1cccc2[nH]cc(C[C@@H]3C[C@H](O)CN3C(=O)[C@@H](NC(=O)[C@H](C)NC)[C@@H](C)OC)c12. The molecule has 0 radical (unpaired) electrons. The Hall–Kier alpha value is -3.21. The van der Waals surface area contributed by atoms with Crippen molar-refractivity contribution in [2.75, 3.05) is 26.0 Å². The first-order valence-electron chi connectivity index (χ1n) is 11.7. The average molecular weight is 486 g/mol. The summed E-state index contributed by atoms with van der Waals surface area (Å²) in [6.07, 6.45) is 2.67. The van der Waals surface area contributed by atoms with E-state index in [1.807, 2.05) is 24.4 Å². The first-order valence-corrected chi connectivity index (χ1v) is 11.7. The number of ether oxygens (including phenoxy) is 1. The fourth-order valence-corrected chi connectivity index (χ4v) is 4.42. The molecule has 2 aromatic rings. The highest BCUT2D eigenvalue weighted by atomic mass is 16.5. The molecule has 0 unspecified atom stereocenters. The molecule has 3 rings (SSSR count). The highest BCUT2D eigenvalue weighted by Gasteiger charge is 2.40. The van der Waals surface area contributed by atoms with E-state index in [2.05, 4.69) is 27.5 Å². The predicted molar refractivity (Wildman–Crippen MR) is 134 cm³/mol. The van der Waals surface area contributed by atoms with Crippen molar-refractivity contribution in [3.63, 3.8) is 0 Å². The van der Waals surface area contributed by atoms with Gasteiger partial charge in [-0.2, -0.15) is 0 Å². The molecule has 0 spiro atoms. The van der Waals surface area contributed by atoms with Gasteiger partial charge in [0.25, 0.3) is 0 Å². The van der Waals surface area contributed by atoms with Gasteiger partial charge < -0.3 is 35.7 Å². The monoisotopic (exact) mass is 485 g/mol. The van der Waals surface area contributed by atoms with Crippen LogP contribution in [-0.4, -0.2) is 83.7 Å². The van der Waals surface area contributed by atoms with E-state index in [9.17, 15) is 19.5 Å². The number of aromatic nitrogens is 1. The minimum atomic E-state index is -0.901. The lowest BCUT2D eigenvalue weighted by molar-refractivity contribution is -0.141. The highest BCUT2D eigenvalue weighted by Crippen LogP contribution is 2.31. The van der Waals surface area contributed by atoms with Gasteiger partial charge in [-0.3, -0.25) is 14.4 Å². The topological polar surface area (TPSA) is 136 Å². The third kappa shape index (κ3) is 5.90. The zero-order valence-corrected chi connectivity index (χ0v) is 20.6. The number of hydrogen-bond acceptors (Lipinski definition) is 6. The van der Waals surface area contributed by atoms with Gasteiger partial charge in [0.2, 0.25) is 17.7 Å². The number of methoxy groups -OCH3 is 1. The van der Waals surface area contributed by atoms with E-state index in [4.69, 9.17) is 4.74 Å². The average Bonchev–Trinajstić information content (AvgIpc) is 3.44. The molecular weight excluding hydrogens is 450 g/mol. The minimum Gasteiger partial charge on any atom is -0.391 e. The molecule has 10 heteroatoms. The molecule has 0 saturated carbocycles. The number of carbonyl (C=O) groups excluding carboxylic acids is 3. The Morgan fingerprint density at radius 3 is 2.74 bits per heavy atom. The number of aliphatic hydroxyl groups is 1. The summed E-state index contributed by atoms with van der Waals surface area (Å²) in [7, 11) is 3.15. The fraction of sp³-hybridized carbons (Fsp3) is 0.480. The number of benzene rings is 1. The van der Waals surface area contributed by atoms with Gasteiger partial charge in [0.1, 0.15) is 6.04 Å². The summed E-state index contributed by atoms with van der Waals surface area (Å²) >= 11 is 0. The Balaban J connectivity index is 1.88. The van der Waals surface area contributed by atoms with Crippen molar-refractivity contribution >= 4 is 34.3 Å². The van der Waals surface area contributed by atoms with Gasteiger partial charge >= 0.3 is 0 Å². The third-order valence-corrected chi connectivity index (χ3v) is 6.59. The van der Waals surface area contributed by atoms with Crippen LogP contribution in [0.2, 0.25) is 0 Å². The van der Waals surface area contributed by atoms with Crippen molar-refractivity contribution in [1.29, 1.82) is 0 Å². The summed E-state index contributed by atoms with van der Waals surface area (Å²) in [5, 5.41) is 19.8. The van der Waals surface area contributed by atoms with Gasteiger partial charge in [0.05, 0.1) is 23.9 Å². The van der Waals surface area contributed by atoms with Crippen LogP contribution >= 0.6 is 0 Å². The van der Waals surface area contributed by atoms with Crippen LogP contribution in [0.5, 0.6) is 0 Å². The standard InChI is InChI=1S/C25H35N5O5/c1-6-21(32)28-20-9-7-8-19-22(20)16(12-27-19)10-17-11-18(31)13-30(17)25(34)23(15(3)35-5)29-24(33)14(2)26-4/h6-9,12,14-15,17-18,23,26-27,31H,1,10-11,13H2,2-5H3,(H,28,32)(H,29,33)/t14-,15+,17+,18-,23-/m0/s1. The second-order valence-corrected chi connectivity index (χ2v) is 8.91. The largest absolute Gasteiger partial charge is 0.391 e. The fourth-order valence-electron chi connectivity index (χ4n) is 4.42. The molecule has 1 fully saturated rings. The minimum absolute atomic E-state index is 0.163. The smallest absolute Gasteiger partial charge is 0.248 e. The molecule has 5 atom stereocenters. The molecule has 35 heavy (non-hydrogen) atoms. The number of H-pyrrole nitrogens is 1. The van der Waals surface area contributed by atoms with Gasteiger partial charge in [-0.1, -0.05) is 12.6 Å². The Morgan fingerprint density at radius 2 is 2.09 bits per heavy atom. The Morgan fingerprint density at radius 1 is 1.34 bits per heavy atom. The number of likely N-dealkylation sites (N-methyl/N-ethyl adjacent to an activating group) is 1. The third-order valence-electron chi connectivity index (χ3n) is 6.59. The molecule has 1 aliphatic heterocycles. The van der Waals surface area contributed by atoms with Crippen LogP contribution < -0.4 is 16.0 Å². The lowest BCUT2D eigenvalue weighted by Gasteiger charge is -2.32. The van der Waals surface area contributed by atoms with E-state index >= 15 is 0 Å². The maximum absolute atomic E-state index is 13.6. The molecule has 0 aliphatic carbocycles. The molecule has 190 valence electrons. The van der Waals surface area contributed by atoms with Crippen LogP contribution in [0.4, 0.5) is 5.69 Å². The maximum atomic E-state index is 13.6. The van der Waals surface area contributed by atoms with Crippen molar-refractivity contribution in [1.82, 2.24) is 20.5 Å². The van der Waals surface area contributed by atoms with E-state index in [-0.39, 0.29) is 30.3 Å². The predicted octanol–water partition coefficient (Wildman–Crippen LogP) is 0.924. The molecule has 2 heterocycles. The Labute approximate surface area is 205 Å². The van der Waals surface area contributed by atoms with Crippen LogP contribution in [0, 0.1) is 0 Å². The molecule has 1 aliphatic rings. The molecular formula is C25H35N5O5. The number of hydrogen-bond donors (Lipinski definition) is 5. The second-order valence-electron chi connectivity index (χ2n) is 8.91. The lowest BCUT2D eigenvalue weighted by Crippen LogP contribution is -2.58. The summed E-state index contributed by atoms with van der Waals surface area (Å²) < 4.78 is 5.40. The highest BCUT2D eigenvalue weighted by molar-refractivity contribution is 6.06. The van der Waals surface area contributed by atoms with Crippen LogP contribution in [0.1, 0.15) is 25.8 Å². The zero-order chi connectivity index (χ0) is 25.7. The number of nitrogens with zero attached hydrogens (tertiary/aromatic N) is 1. The number of carbonyl (C=O) groups is 3. The van der Waals surface area contributed by atoms with Crippen molar-refractivity contribution in [3.05, 3.63) is 42.6 Å². The normalized spacial score (nSPS) is 20.3. The maximum Gasteiger partial charge on any atom is 0.248 e. The van der Waals surface area contributed by atoms with Crippen LogP contribution in [-0.2, 0) is 25.5 Å². The molecule has 1 aromatic carbocycles. The van der Waals surface area contributed by atoms with Gasteiger partial charge in [-0.05, 0) is 57.5 Å². The number of fused-ring (bicyclic) bond motifs is 1. The first-order chi connectivity index (χ1) is 16.7. The van der Waals surface area contributed by atoms with E-state index in [0.29, 0.717) is 18.5 Å². The molecule has 3 amide bonds.